The van der Waals surface area contributed by atoms with Gasteiger partial charge in [0.1, 0.15) is 5.75 Å². The highest BCUT2D eigenvalue weighted by atomic mass is 127. The summed E-state index contributed by atoms with van der Waals surface area (Å²) in [5, 5.41) is 6.41. The van der Waals surface area contributed by atoms with Gasteiger partial charge in [-0.1, -0.05) is 12.1 Å². The number of nitrogens with zero attached hydrogens (tertiary/aromatic N) is 1. The fourth-order valence-electron chi connectivity index (χ4n) is 2.25. The Morgan fingerprint density at radius 3 is 2.81 bits per heavy atom. The van der Waals surface area contributed by atoms with Crippen molar-refractivity contribution in [2.24, 2.45) is 10.9 Å². The first kappa shape index (κ1) is 22.9. The third-order valence-electron chi connectivity index (χ3n) is 3.70. The van der Waals surface area contributed by atoms with Crippen LogP contribution >= 0.6 is 24.0 Å². The number of alkyl halides is 2. The molecule has 2 N–H and O–H groups in total. The minimum absolute atomic E-state index is 0. The zero-order valence-electron chi connectivity index (χ0n) is 15.0. The van der Waals surface area contributed by atoms with Crippen LogP contribution in [0.5, 0.6) is 5.75 Å². The smallest absolute Gasteiger partial charge is 0.387 e. The van der Waals surface area contributed by atoms with Crippen molar-refractivity contribution < 1.29 is 18.3 Å². The Bertz CT molecular complexity index is 543. The molecule has 1 fully saturated rings. The van der Waals surface area contributed by atoms with Gasteiger partial charge in [0.15, 0.2) is 5.96 Å². The second-order valence-electron chi connectivity index (χ2n) is 6.02. The van der Waals surface area contributed by atoms with Gasteiger partial charge in [0.2, 0.25) is 0 Å². The summed E-state index contributed by atoms with van der Waals surface area (Å²) >= 11 is 0. The average Bonchev–Trinajstić information content (AvgIpc) is 3.39. The van der Waals surface area contributed by atoms with Crippen molar-refractivity contribution in [3.63, 3.8) is 0 Å². The van der Waals surface area contributed by atoms with Gasteiger partial charge < -0.3 is 20.1 Å². The number of benzene rings is 1. The Labute approximate surface area is 171 Å². The predicted octanol–water partition coefficient (Wildman–Crippen LogP) is 3.78. The fraction of sp³-hybridized carbons (Fsp3) is 0.611. The number of aliphatic imine (C=N–C) groups is 1. The van der Waals surface area contributed by atoms with E-state index in [2.05, 4.69) is 20.4 Å². The Morgan fingerprint density at radius 1 is 1.31 bits per heavy atom. The fourth-order valence-corrected chi connectivity index (χ4v) is 2.25. The van der Waals surface area contributed by atoms with E-state index in [-0.39, 0.29) is 29.7 Å². The Hall–Kier alpha value is -1.16. The lowest BCUT2D eigenvalue weighted by Gasteiger charge is -2.12. The maximum Gasteiger partial charge on any atom is 0.387 e. The summed E-state index contributed by atoms with van der Waals surface area (Å²) in [6.07, 6.45) is 3.52. The highest BCUT2D eigenvalue weighted by Gasteiger charge is 2.20. The van der Waals surface area contributed by atoms with Gasteiger partial charge in [-0.25, -0.2) is 4.99 Å². The molecule has 0 amide bonds. The lowest BCUT2D eigenvalue weighted by molar-refractivity contribution is -0.0498. The molecule has 0 radical (unpaired) electrons. The Kier molecular flexibility index (Phi) is 11.5. The molecule has 1 aliphatic carbocycles. The lowest BCUT2D eigenvalue weighted by atomic mass is 10.2. The molecular weight excluding hydrogens is 455 g/mol. The van der Waals surface area contributed by atoms with Gasteiger partial charge in [0.05, 0.1) is 6.54 Å². The van der Waals surface area contributed by atoms with E-state index in [1.807, 2.05) is 13.0 Å². The first-order valence-electron chi connectivity index (χ1n) is 8.81. The number of hydrogen-bond donors (Lipinski definition) is 2. The summed E-state index contributed by atoms with van der Waals surface area (Å²) in [6.45, 7) is 2.70. The molecule has 26 heavy (non-hydrogen) atoms. The van der Waals surface area contributed by atoms with Crippen LogP contribution in [0.4, 0.5) is 8.78 Å². The largest absolute Gasteiger partial charge is 0.435 e. The summed E-state index contributed by atoms with van der Waals surface area (Å²) in [5.74, 6) is 1.63. The van der Waals surface area contributed by atoms with Gasteiger partial charge in [0, 0.05) is 26.3 Å². The molecule has 0 unspecified atom stereocenters. The van der Waals surface area contributed by atoms with Crippen LogP contribution < -0.4 is 15.4 Å². The van der Waals surface area contributed by atoms with Gasteiger partial charge in [-0.3, -0.25) is 0 Å². The van der Waals surface area contributed by atoms with Crippen molar-refractivity contribution in [2.75, 3.05) is 26.3 Å². The van der Waals surface area contributed by atoms with Gasteiger partial charge >= 0.3 is 6.61 Å². The van der Waals surface area contributed by atoms with E-state index in [1.165, 1.54) is 18.9 Å². The normalized spacial score (nSPS) is 14.1. The van der Waals surface area contributed by atoms with Crippen molar-refractivity contribution in [3.05, 3.63) is 29.8 Å². The third-order valence-corrected chi connectivity index (χ3v) is 3.70. The summed E-state index contributed by atoms with van der Waals surface area (Å²) in [5.41, 5.74) is 0.808. The number of guanidine groups is 1. The summed E-state index contributed by atoms with van der Waals surface area (Å²) in [7, 11) is 0. The maximum absolute atomic E-state index is 12.3. The van der Waals surface area contributed by atoms with Crippen molar-refractivity contribution in [3.8, 4) is 5.75 Å². The Morgan fingerprint density at radius 2 is 2.12 bits per heavy atom. The standard InChI is InChI=1S/C18H27F2N3O2.HI/c1-2-21-18(22-9-4-10-24-13-14-7-8-14)23-12-15-5-3-6-16(11-15)25-17(19)20;/h3,5-6,11,14,17H,2,4,7-10,12-13H2,1H3,(H2,21,22,23);1H. The highest BCUT2D eigenvalue weighted by Crippen LogP contribution is 2.28. The molecule has 1 aromatic rings. The molecule has 8 heteroatoms. The number of rotatable bonds is 11. The molecule has 2 rings (SSSR count). The zero-order valence-corrected chi connectivity index (χ0v) is 17.4. The number of hydrogen-bond acceptors (Lipinski definition) is 3. The van der Waals surface area contributed by atoms with E-state index in [9.17, 15) is 8.78 Å². The van der Waals surface area contributed by atoms with Crippen LogP contribution in [0.15, 0.2) is 29.3 Å². The van der Waals surface area contributed by atoms with E-state index >= 15 is 0 Å². The van der Waals surface area contributed by atoms with Crippen LogP contribution in [-0.2, 0) is 11.3 Å². The molecular formula is C18H28F2IN3O2. The van der Waals surface area contributed by atoms with Gasteiger partial charge in [-0.15, -0.1) is 24.0 Å². The second-order valence-corrected chi connectivity index (χ2v) is 6.02. The zero-order chi connectivity index (χ0) is 17.9. The molecule has 148 valence electrons. The number of halogens is 3. The molecule has 0 atom stereocenters. The van der Waals surface area contributed by atoms with Crippen molar-refractivity contribution >= 4 is 29.9 Å². The molecule has 1 saturated carbocycles. The average molecular weight is 483 g/mol. The van der Waals surface area contributed by atoms with Crippen LogP contribution in [0.3, 0.4) is 0 Å². The van der Waals surface area contributed by atoms with E-state index < -0.39 is 6.61 Å². The molecule has 5 nitrogen and oxygen atoms in total. The number of nitrogens with one attached hydrogen (secondary N) is 2. The van der Waals surface area contributed by atoms with E-state index in [0.29, 0.717) is 12.5 Å². The van der Waals surface area contributed by atoms with Gasteiger partial charge in [-0.2, -0.15) is 8.78 Å². The molecule has 1 aliphatic rings. The lowest BCUT2D eigenvalue weighted by Crippen LogP contribution is -2.38. The van der Waals surface area contributed by atoms with Gasteiger partial charge in [0.25, 0.3) is 0 Å². The molecule has 0 heterocycles. The van der Waals surface area contributed by atoms with Gasteiger partial charge in [-0.05, 0) is 49.8 Å². The van der Waals surface area contributed by atoms with Crippen LogP contribution in [0, 0.1) is 5.92 Å². The molecule has 0 aromatic heterocycles. The summed E-state index contributed by atoms with van der Waals surface area (Å²) in [4.78, 5) is 4.47. The minimum atomic E-state index is -2.82. The topological polar surface area (TPSA) is 54.9 Å². The van der Waals surface area contributed by atoms with Crippen LogP contribution in [0.1, 0.15) is 31.7 Å². The quantitative estimate of drug-likeness (QED) is 0.218. The monoisotopic (exact) mass is 483 g/mol. The third kappa shape index (κ3) is 10.1. The van der Waals surface area contributed by atoms with E-state index in [4.69, 9.17) is 4.74 Å². The predicted molar refractivity (Wildman–Crippen MR) is 109 cm³/mol. The maximum atomic E-state index is 12.3. The van der Waals surface area contributed by atoms with Crippen LogP contribution in [-0.4, -0.2) is 38.9 Å². The second kappa shape index (κ2) is 13.1. The summed E-state index contributed by atoms with van der Waals surface area (Å²) in [6, 6.07) is 6.59. The Balaban J connectivity index is 0.00000338. The summed E-state index contributed by atoms with van der Waals surface area (Å²) < 4.78 is 34.5. The molecule has 0 spiro atoms. The molecule has 0 aliphatic heterocycles. The van der Waals surface area contributed by atoms with Crippen molar-refractivity contribution in [1.29, 1.82) is 0 Å². The van der Waals surface area contributed by atoms with Crippen molar-refractivity contribution in [2.45, 2.75) is 39.3 Å². The highest BCUT2D eigenvalue weighted by molar-refractivity contribution is 14.0. The first-order valence-corrected chi connectivity index (χ1v) is 8.81. The molecule has 0 bridgehead atoms. The minimum Gasteiger partial charge on any atom is -0.435 e. The molecule has 0 saturated heterocycles. The first-order chi connectivity index (χ1) is 12.2. The van der Waals surface area contributed by atoms with Crippen LogP contribution in [0.2, 0.25) is 0 Å². The number of ether oxygens (including phenoxy) is 2. The van der Waals surface area contributed by atoms with Crippen LogP contribution in [0.25, 0.3) is 0 Å². The van der Waals surface area contributed by atoms with Crippen molar-refractivity contribution in [1.82, 2.24) is 10.6 Å². The van der Waals surface area contributed by atoms with E-state index in [1.54, 1.807) is 12.1 Å². The van der Waals surface area contributed by atoms with E-state index in [0.717, 1.165) is 44.2 Å². The SMILES string of the molecule is CCNC(=NCc1cccc(OC(F)F)c1)NCCCOCC1CC1.I. The molecule has 1 aromatic carbocycles.